The van der Waals surface area contributed by atoms with Crippen LogP contribution in [0.5, 0.6) is 0 Å². The normalized spacial score (nSPS) is 10.2. The van der Waals surface area contributed by atoms with Crippen molar-refractivity contribution in [1.29, 1.82) is 0 Å². The smallest absolute Gasteiger partial charge is 0.335 e. The van der Waals surface area contributed by atoms with E-state index >= 15 is 0 Å². The number of nitrogens with one attached hydrogen (secondary N) is 1. The van der Waals surface area contributed by atoms with E-state index in [1.807, 2.05) is 0 Å². The van der Waals surface area contributed by atoms with Gasteiger partial charge in [-0.05, 0) is 30.7 Å². The van der Waals surface area contributed by atoms with Gasteiger partial charge in [-0.1, -0.05) is 13.3 Å². The van der Waals surface area contributed by atoms with Crippen molar-refractivity contribution >= 4 is 11.9 Å². The molecule has 0 spiro atoms. The molecule has 1 rings (SSSR count). The molecule has 0 aliphatic rings. The zero-order chi connectivity index (χ0) is 14.1. The van der Waals surface area contributed by atoms with Crippen LogP contribution in [0.2, 0.25) is 0 Å². The fourth-order valence-corrected chi connectivity index (χ4v) is 1.45. The minimum atomic E-state index is -1.00. The van der Waals surface area contributed by atoms with Gasteiger partial charge in [-0.3, -0.25) is 4.79 Å². The summed E-state index contributed by atoms with van der Waals surface area (Å²) in [5.74, 6) is -1.23. The van der Waals surface area contributed by atoms with Crippen molar-refractivity contribution in [3.05, 3.63) is 35.4 Å². The predicted molar refractivity (Wildman–Crippen MR) is 71.5 cm³/mol. The monoisotopic (exact) mass is 265 g/mol. The zero-order valence-corrected chi connectivity index (χ0v) is 11.0. The Kier molecular flexibility index (Phi) is 6.60. The lowest BCUT2D eigenvalue weighted by Gasteiger charge is -2.06. The summed E-state index contributed by atoms with van der Waals surface area (Å²) in [4.78, 5) is 22.4. The highest BCUT2D eigenvalue weighted by Gasteiger charge is 2.06. The molecule has 1 amide bonds. The van der Waals surface area contributed by atoms with E-state index in [0.29, 0.717) is 25.3 Å². The molecule has 5 nitrogen and oxygen atoms in total. The summed E-state index contributed by atoms with van der Waals surface area (Å²) in [5, 5.41) is 11.5. The van der Waals surface area contributed by atoms with Crippen LogP contribution < -0.4 is 5.32 Å². The van der Waals surface area contributed by atoms with Crippen LogP contribution in [-0.4, -0.2) is 36.7 Å². The number of carbonyl (C=O) groups is 2. The quantitative estimate of drug-likeness (QED) is 0.704. The fourth-order valence-electron chi connectivity index (χ4n) is 1.45. The molecule has 2 N–H and O–H groups in total. The largest absolute Gasteiger partial charge is 0.478 e. The van der Waals surface area contributed by atoms with Gasteiger partial charge in [-0.15, -0.1) is 0 Å². The molecule has 0 heterocycles. The third kappa shape index (κ3) is 5.52. The Morgan fingerprint density at radius 1 is 1.16 bits per heavy atom. The van der Waals surface area contributed by atoms with E-state index < -0.39 is 5.97 Å². The molecular formula is C14H19NO4. The summed E-state index contributed by atoms with van der Waals surface area (Å²) in [6.45, 7) is 3.73. The number of benzene rings is 1. The predicted octanol–water partition coefficient (Wildman–Crippen LogP) is 1.93. The molecule has 104 valence electrons. The Labute approximate surface area is 112 Å². The summed E-state index contributed by atoms with van der Waals surface area (Å²) in [7, 11) is 0. The number of hydrogen-bond donors (Lipinski definition) is 2. The summed E-state index contributed by atoms with van der Waals surface area (Å²) >= 11 is 0. The number of hydrogen-bond acceptors (Lipinski definition) is 3. The maximum Gasteiger partial charge on any atom is 0.335 e. The molecule has 0 unspecified atom stereocenters. The average molecular weight is 265 g/mol. The first-order valence-corrected chi connectivity index (χ1v) is 6.34. The van der Waals surface area contributed by atoms with Crippen LogP contribution in [0.15, 0.2) is 24.3 Å². The average Bonchev–Trinajstić information content (AvgIpc) is 2.42. The summed E-state index contributed by atoms with van der Waals surface area (Å²) in [6.07, 6.45) is 2.10. The minimum Gasteiger partial charge on any atom is -0.478 e. The number of carbonyl (C=O) groups excluding carboxylic acids is 1. The number of rotatable bonds is 8. The minimum absolute atomic E-state index is 0.166. The van der Waals surface area contributed by atoms with Crippen molar-refractivity contribution in [1.82, 2.24) is 5.32 Å². The lowest BCUT2D eigenvalue weighted by molar-refractivity contribution is 0.0696. The molecule has 0 radical (unpaired) electrons. The highest BCUT2D eigenvalue weighted by atomic mass is 16.5. The first-order valence-electron chi connectivity index (χ1n) is 6.34. The van der Waals surface area contributed by atoms with Crippen LogP contribution in [0.1, 0.15) is 40.5 Å². The maximum atomic E-state index is 11.7. The standard InChI is InChI=1S/C14H19NO4/c1-2-3-9-19-10-8-15-13(16)11-4-6-12(7-5-11)14(17)18/h4-7H,2-3,8-10H2,1H3,(H,15,16)(H,17,18). The number of aromatic carboxylic acids is 1. The van der Waals surface area contributed by atoms with Gasteiger partial charge in [0, 0.05) is 18.7 Å². The molecule has 5 heteroatoms. The van der Waals surface area contributed by atoms with Crippen molar-refractivity contribution in [2.45, 2.75) is 19.8 Å². The first-order chi connectivity index (χ1) is 9.15. The van der Waals surface area contributed by atoms with E-state index in [1.54, 1.807) is 0 Å². The van der Waals surface area contributed by atoms with Crippen molar-refractivity contribution in [3.63, 3.8) is 0 Å². The SMILES string of the molecule is CCCCOCCNC(=O)c1ccc(C(=O)O)cc1. The number of unbranched alkanes of at least 4 members (excludes halogenated alkanes) is 1. The van der Waals surface area contributed by atoms with E-state index in [4.69, 9.17) is 9.84 Å². The van der Waals surface area contributed by atoms with Gasteiger partial charge >= 0.3 is 5.97 Å². The Balaban J connectivity index is 2.31. The first kappa shape index (κ1) is 15.2. The number of carboxylic acid groups (broad SMARTS) is 1. The molecular weight excluding hydrogens is 246 g/mol. The molecule has 1 aromatic carbocycles. The molecule has 0 saturated heterocycles. The molecule has 0 aliphatic heterocycles. The van der Waals surface area contributed by atoms with Gasteiger partial charge in [0.25, 0.3) is 5.91 Å². The lowest BCUT2D eigenvalue weighted by atomic mass is 10.1. The Morgan fingerprint density at radius 2 is 1.79 bits per heavy atom. The highest BCUT2D eigenvalue weighted by molar-refractivity contribution is 5.95. The maximum absolute atomic E-state index is 11.7. The third-order valence-corrected chi connectivity index (χ3v) is 2.57. The van der Waals surface area contributed by atoms with Crippen LogP contribution in [0.25, 0.3) is 0 Å². The molecule has 19 heavy (non-hydrogen) atoms. The van der Waals surface area contributed by atoms with Crippen molar-refractivity contribution in [3.8, 4) is 0 Å². The topological polar surface area (TPSA) is 75.6 Å². The van der Waals surface area contributed by atoms with Gasteiger partial charge in [0.2, 0.25) is 0 Å². The Hall–Kier alpha value is -1.88. The van der Waals surface area contributed by atoms with Crippen LogP contribution >= 0.6 is 0 Å². The molecule has 1 aromatic rings. The van der Waals surface area contributed by atoms with Gasteiger partial charge in [0.1, 0.15) is 0 Å². The zero-order valence-electron chi connectivity index (χ0n) is 11.0. The van der Waals surface area contributed by atoms with E-state index in [-0.39, 0.29) is 11.5 Å². The third-order valence-electron chi connectivity index (χ3n) is 2.57. The second-order valence-corrected chi connectivity index (χ2v) is 4.10. The second kappa shape index (κ2) is 8.26. The van der Waals surface area contributed by atoms with Crippen molar-refractivity contribution in [2.75, 3.05) is 19.8 Å². The van der Waals surface area contributed by atoms with E-state index in [1.165, 1.54) is 24.3 Å². The van der Waals surface area contributed by atoms with Crippen LogP contribution in [0.3, 0.4) is 0 Å². The highest BCUT2D eigenvalue weighted by Crippen LogP contribution is 2.04. The molecule has 0 fully saturated rings. The fraction of sp³-hybridized carbons (Fsp3) is 0.429. The van der Waals surface area contributed by atoms with E-state index in [2.05, 4.69) is 12.2 Å². The van der Waals surface area contributed by atoms with Gasteiger partial charge in [0.05, 0.1) is 12.2 Å². The molecule has 0 aromatic heterocycles. The van der Waals surface area contributed by atoms with Gasteiger partial charge in [-0.25, -0.2) is 4.79 Å². The lowest BCUT2D eigenvalue weighted by Crippen LogP contribution is -2.27. The van der Waals surface area contributed by atoms with E-state index in [9.17, 15) is 9.59 Å². The van der Waals surface area contributed by atoms with Gasteiger partial charge in [0.15, 0.2) is 0 Å². The number of ether oxygens (including phenoxy) is 1. The van der Waals surface area contributed by atoms with Crippen LogP contribution in [0, 0.1) is 0 Å². The molecule has 0 bridgehead atoms. The van der Waals surface area contributed by atoms with Crippen LogP contribution in [-0.2, 0) is 4.74 Å². The molecule has 0 saturated carbocycles. The van der Waals surface area contributed by atoms with Gasteiger partial charge in [-0.2, -0.15) is 0 Å². The van der Waals surface area contributed by atoms with Gasteiger partial charge < -0.3 is 15.2 Å². The number of carboxylic acids is 1. The Bertz CT molecular complexity index is 414. The summed E-state index contributed by atoms with van der Waals surface area (Å²) in [6, 6.07) is 5.82. The van der Waals surface area contributed by atoms with Crippen LogP contribution in [0.4, 0.5) is 0 Å². The number of amides is 1. The van der Waals surface area contributed by atoms with Crippen molar-refractivity contribution in [2.24, 2.45) is 0 Å². The summed E-state index contributed by atoms with van der Waals surface area (Å²) in [5.41, 5.74) is 0.609. The van der Waals surface area contributed by atoms with Crippen molar-refractivity contribution < 1.29 is 19.4 Å². The molecule has 0 atom stereocenters. The summed E-state index contributed by atoms with van der Waals surface area (Å²) < 4.78 is 5.32. The molecule has 0 aliphatic carbocycles. The second-order valence-electron chi connectivity index (χ2n) is 4.10. The Morgan fingerprint density at radius 3 is 2.37 bits per heavy atom. The van der Waals surface area contributed by atoms with E-state index in [0.717, 1.165) is 12.8 Å².